The molecule has 192 valence electrons. The first-order chi connectivity index (χ1) is 17.5. The fourth-order valence-electron chi connectivity index (χ4n) is 3.69. The molecule has 0 N–H and O–H groups in total. The molecule has 0 amide bonds. The lowest BCUT2D eigenvalue weighted by Crippen LogP contribution is -2.31. The molecule has 37 heavy (non-hydrogen) atoms. The van der Waals surface area contributed by atoms with Crippen molar-refractivity contribution in [3.05, 3.63) is 78.6 Å². The molecule has 4 rings (SSSR count). The van der Waals surface area contributed by atoms with Gasteiger partial charge in [-0.05, 0) is 24.3 Å². The summed E-state index contributed by atoms with van der Waals surface area (Å²) < 4.78 is 3.42. The number of pyridine rings is 1. The van der Waals surface area contributed by atoms with Crippen molar-refractivity contribution in [2.45, 2.75) is 33.9 Å². The van der Waals surface area contributed by atoms with Crippen LogP contribution >= 0.6 is 34.3 Å². The first-order valence-corrected chi connectivity index (χ1v) is 13.5. The van der Waals surface area contributed by atoms with Crippen LogP contribution in [-0.2, 0) is 13.1 Å². The summed E-state index contributed by atoms with van der Waals surface area (Å²) in [5.41, 5.74) is 1.67. The number of thiazole rings is 1. The van der Waals surface area contributed by atoms with E-state index >= 15 is 0 Å². The zero-order chi connectivity index (χ0) is 26.9. The Morgan fingerprint density at radius 2 is 1.97 bits per heavy atom. The number of carbonyl (C=O) groups excluding carboxylic acids is 2. The zero-order valence-electron chi connectivity index (χ0n) is 20.9. The van der Waals surface area contributed by atoms with Gasteiger partial charge in [0.2, 0.25) is 0 Å². The lowest BCUT2D eigenvalue weighted by atomic mass is 9.96. The zero-order valence-corrected chi connectivity index (χ0v) is 23.3. The number of aromatic nitrogens is 4. The van der Waals surface area contributed by atoms with Crippen molar-refractivity contribution >= 4 is 57.9 Å². The molecule has 0 aliphatic carbocycles. The van der Waals surface area contributed by atoms with Gasteiger partial charge in [0, 0.05) is 35.2 Å². The molecular formula is C26H26ClN5O3S2. The van der Waals surface area contributed by atoms with Crippen molar-refractivity contribution in [2.24, 2.45) is 5.41 Å². The third-order valence-electron chi connectivity index (χ3n) is 5.63. The number of Topliss-reactive ketones (excluding diaryl/α,β-unsaturated/α-hetero) is 1. The summed E-state index contributed by atoms with van der Waals surface area (Å²) in [7, 11) is 1.86. The van der Waals surface area contributed by atoms with Crippen molar-refractivity contribution < 1.29 is 9.59 Å². The highest BCUT2D eigenvalue weighted by Crippen LogP contribution is 2.30. The van der Waals surface area contributed by atoms with Gasteiger partial charge in [-0.3, -0.25) is 23.9 Å². The van der Waals surface area contributed by atoms with Crippen LogP contribution in [0, 0.1) is 5.41 Å². The van der Waals surface area contributed by atoms with Gasteiger partial charge in [0.15, 0.2) is 5.78 Å². The highest BCUT2D eigenvalue weighted by Gasteiger charge is 2.29. The van der Waals surface area contributed by atoms with E-state index in [0.717, 1.165) is 4.88 Å². The summed E-state index contributed by atoms with van der Waals surface area (Å²) in [6.07, 6.45) is 2.93. The molecule has 4 heterocycles. The summed E-state index contributed by atoms with van der Waals surface area (Å²) in [6, 6.07) is 8.89. The van der Waals surface area contributed by atoms with Crippen LogP contribution in [0.5, 0.6) is 0 Å². The van der Waals surface area contributed by atoms with E-state index in [1.807, 2.05) is 44.9 Å². The van der Waals surface area contributed by atoms with Crippen molar-refractivity contribution in [1.29, 1.82) is 0 Å². The van der Waals surface area contributed by atoms with Crippen LogP contribution in [0.2, 0.25) is 4.34 Å². The van der Waals surface area contributed by atoms with E-state index in [1.54, 1.807) is 23.7 Å². The van der Waals surface area contributed by atoms with E-state index in [2.05, 4.69) is 16.7 Å². The Morgan fingerprint density at radius 1 is 1.22 bits per heavy atom. The van der Waals surface area contributed by atoms with E-state index in [0.29, 0.717) is 38.5 Å². The molecule has 0 unspecified atom stereocenters. The predicted octanol–water partition coefficient (Wildman–Crippen LogP) is 5.73. The Kier molecular flexibility index (Phi) is 7.63. The van der Waals surface area contributed by atoms with Gasteiger partial charge in [0.1, 0.15) is 11.5 Å². The summed E-state index contributed by atoms with van der Waals surface area (Å²) in [5.74, 6) is 0.103. The van der Waals surface area contributed by atoms with E-state index in [9.17, 15) is 14.4 Å². The summed E-state index contributed by atoms with van der Waals surface area (Å²) in [6.45, 7) is 9.48. The normalized spacial score (nSPS) is 11.5. The Morgan fingerprint density at radius 3 is 2.57 bits per heavy atom. The van der Waals surface area contributed by atoms with Crippen LogP contribution in [0.4, 0.5) is 5.82 Å². The molecule has 0 saturated carbocycles. The van der Waals surface area contributed by atoms with Crippen molar-refractivity contribution in [1.82, 2.24) is 19.3 Å². The lowest BCUT2D eigenvalue weighted by Gasteiger charge is -2.22. The number of nitrogens with zero attached hydrogens (tertiary/aromatic N) is 5. The molecule has 0 saturated heterocycles. The lowest BCUT2D eigenvalue weighted by molar-refractivity contribution is 0.0750. The summed E-state index contributed by atoms with van der Waals surface area (Å²) in [5, 5.41) is 4.64. The van der Waals surface area contributed by atoms with E-state index in [-0.39, 0.29) is 23.8 Å². The highest BCUT2D eigenvalue weighted by molar-refractivity contribution is 7.16. The molecular weight excluding hydrogens is 530 g/mol. The maximum Gasteiger partial charge on any atom is 0.258 e. The van der Waals surface area contributed by atoms with Crippen molar-refractivity contribution in [3.8, 4) is 11.4 Å². The van der Waals surface area contributed by atoms with E-state index in [1.165, 1.54) is 44.2 Å². The first-order valence-electron chi connectivity index (χ1n) is 11.4. The second-order valence-electron chi connectivity index (χ2n) is 9.47. The van der Waals surface area contributed by atoms with Gasteiger partial charge < -0.3 is 4.90 Å². The van der Waals surface area contributed by atoms with Gasteiger partial charge in [-0.2, -0.15) is 9.78 Å². The quantitative estimate of drug-likeness (QED) is 0.258. The number of rotatable bonds is 8. The Hall–Kier alpha value is -3.34. The minimum atomic E-state index is -0.709. The highest BCUT2D eigenvalue weighted by atomic mass is 35.5. The third-order valence-corrected chi connectivity index (χ3v) is 7.66. The molecule has 4 aromatic heterocycles. The second kappa shape index (κ2) is 10.6. The van der Waals surface area contributed by atoms with E-state index < -0.39 is 5.41 Å². The number of anilines is 1. The first kappa shape index (κ1) is 26.7. The Labute approximate surface area is 227 Å². The predicted molar refractivity (Wildman–Crippen MR) is 150 cm³/mol. The van der Waals surface area contributed by atoms with Crippen molar-refractivity contribution in [3.63, 3.8) is 0 Å². The largest absolute Gasteiger partial charge is 0.354 e. The SMILES string of the molecule is C=Cc1ccc(-c2cc(N(C)Cc3ccc(Cl)s3)n(C(=O)C(C)(C)C)n2)n(CC(=O)c2cncs2)c1=O. The molecule has 0 aromatic carbocycles. The van der Waals surface area contributed by atoms with Crippen LogP contribution in [0.25, 0.3) is 17.5 Å². The topological polar surface area (TPSA) is 90.1 Å². The second-order valence-corrected chi connectivity index (χ2v) is 12.2. The van der Waals surface area contributed by atoms with Crippen LogP contribution in [0.3, 0.4) is 0 Å². The Balaban J connectivity index is 1.83. The fraction of sp³-hybridized carbons (Fsp3) is 0.269. The molecule has 0 bridgehead atoms. The van der Waals surface area contributed by atoms with E-state index in [4.69, 9.17) is 11.6 Å². The minimum Gasteiger partial charge on any atom is -0.354 e. The molecule has 11 heteroatoms. The van der Waals surface area contributed by atoms with Gasteiger partial charge in [0.05, 0.1) is 33.5 Å². The monoisotopic (exact) mass is 555 g/mol. The van der Waals surface area contributed by atoms with Gasteiger partial charge >= 0.3 is 0 Å². The van der Waals surface area contributed by atoms with Crippen LogP contribution < -0.4 is 10.5 Å². The molecule has 8 nitrogen and oxygen atoms in total. The maximum absolute atomic E-state index is 13.4. The number of thiophene rings is 1. The minimum absolute atomic E-state index is 0.197. The molecule has 0 aliphatic heterocycles. The van der Waals surface area contributed by atoms with Crippen molar-refractivity contribution in [2.75, 3.05) is 11.9 Å². The number of halogens is 1. The summed E-state index contributed by atoms with van der Waals surface area (Å²) in [4.78, 5) is 46.9. The van der Waals surface area contributed by atoms with Crippen LogP contribution in [-0.4, -0.2) is 38.1 Å². The molecule has 0 spiro atoms. The van der Waals surface area contributed by atoms with Crippen LogP contribution in [0.15, 0.2) is 53.4 Å². The fourth-order valence-corrected chi connectivity index (χ4v) is 5.39. The average Bonchev–Trinajstić information content (AvgIpc) is 3.60. The average molecular weight is 556 g/mol. The standard InChI is InChI=1S/C26H26ClN5O3S2/c1-6-16-7-9-19(31(24(16)34)14-20(33)21-12-28-15-36-21)18-11-23(32(29-18)25(35)26(2,3)4)30(5)13-17-8-10-22(27)37-17/h6-12,15H,1,13-14H2,2-5H3. The number of ketones is 1. The molecule has 0 atom stereocenters. The van der Waals surface area contributed by atoms with Crippen LogP contribution in [0.1, 0.15) is 45.7 Å². The molecule has 0 fully saturated rings. The molecule has 0 radical (unpaired) electrons. The van der Waals surface area contributed by atoms with Gasteiger partial charge in [-0.25, -0.2) is 0 Å². The third kappa shape index (κ3) is 5.66. The Bertz CT molecular complexity index is 1530. The molecule has 4 aromatic rings. The maximum atomic E-state index is 13.4. The number of hydrogen-bond acceptors (Lipinski definition) is 8. The van der Waals surface area contributed by atoms with Gasteiger partial charge in [0.25, 0.3) is 11.5 Å². The van der Waals surface area contributed by atoms with Gasteiger partial charge in [-0.1, -0.05) is 45.0 Å². The van der Waals surface area contributed by atoms with Gasteiger partial charge in [-0.15, -0.1) is 22.7 Å². The number of carbonyl (C=O) groups is 2. The summed E-state index contributed by atoms with van der Waals surface area (Å²) >= 11 is 8.78. The smallest absolute Gasteiger partial charge is 0.258 e. The molecule has 0 aliphatic rings. The number of hydrogen-bond donors (Lipinski definition) is 0.